The summed E-state index contributed by atoms with van der Waals surface area (Å²) in [6.45, 7) is 4.55. The fraction of sp³-hybridized carbons (Fsp3) is 0.250. The molecule has 0 bridgehead atoms. The number of nitrogens with one attached hydrogen (secondary N) is 1. The van der Waals surface area contributed by atoms with E-state index in [1.807, 2.05) is 38.1 Å². The number of hydrogen-bond acceptors (Lipinski definition) is 4. The van der Waals surface area contributed by atoms with Crippen molar-refractivity contribution in [3.8, 4) is 28.6 Å². The van der Waals surface area contributed by atoms with Gasteiger partial charge in [-0.3, -0.25) is 0 Å². The first-order valence-electron chi connectivity index (χ1n) is 10.1. The monoisotopic (exact) mass is 405 g/mol. The third-order valence-electron chi connectivity index (χ3n) is 4.90. The minimum absolute atomic E-state index is 0.276. The number of aromatic amines is 1. The summed E-state index contributed by atoms with van der Waals surface area (Å²) in [7, 11) is 0. The van der Waals surface area contributed by atoms with Crippen molar-refractivity contribution in [3.63, 3.8) is 0 Å². The number of H-pyrrole nitrogens is 1. The van der Waals surface area contributed by atoms with Gasteiger partial charge in [-0.15, -0.1) is 0 Å². The van der Waals surface area contributed by atoms with Gasteiger partial charge in [0, 0.05) is 12.0 Å². The second kappa shape index (κ2) is 8.95. The summed E-state index contributed by atoms with van der Waals surface area (Å²) in [6, 6.07) is 14.3. The van der Waals surface area contributed by atoms with Crippen LogP contribution >= 0.6 is 0 Å². The molecule has 0 spiro atoms. The normalized spacial score (nSPS) is 11.0. The van der Waals surface area contributed by atoms with Crippen molar-refractivity contribution in [2.75, 3.05) is 6.61 Å². The Morgan fingerprint density at radius 2 is 1.83 bits per heavy atom. The van der Waals surface area contributed by atoms with Gasteiger partial charge >= 0.3 is 0 Å². The van der Waals surface area contributed by atoms with Gasteiger partial charge in [0.25, 0.3) is 0 Å². The van der Waals surface area contributed by atoms with E-state index in [4.69, 9.17) is 9.15 Å². The third-order valence-corrected chi connectivity index (χ3v) is 4.90. The molecule has 0 unspecified atom stereocenters. The fourth-order valence-corrected chi connectivity index (χ4v) is 3.29. The molecule has 0 saturated carbocycles. The zero-order valence-electron chi connectivity index (χ0n) is 17.1. The Balaban J connectivity index is 1.46. The molecule has 0 atom stereocenters. The smallest absolute Gasteiger partial charge is 0.245 e. The van der Waals surface area contributed by atoms with Crippen LogP contribution in [0.3, 0.4) is 0 Å². The number of ether oxygens (including phenoxy) is 1. The number of benzene rings is 2. The van der Waals surface area contributed by atoms with Crippen LogP contribution < -0.4 is 4.74 Å². The molecule has 154 valence electrons. The molecule has 30 heavy (non-hydrogen) atoms. The fourth-order valence-electron chi connectivity index (χ4n) is 3.29. The van der Waals surface area contributed by atoms with Crippen LogP contribution in [0.25, 0.3) is 22.8 Å². The van der Waals surface area contributed by atoms with E-state index < -0.39 is 0 Å². The number of aryl methyl sites for hydroxylation is 3. The molecule has 4 rings (SSSR count). The Kier molecular flexibility index (Phi) is 5.93. The van der Waals surface area contributed by atoms with Gasteiger partial charge in [0.05, 0.1) is 12.8 Å². The molecule has 2 heterocycles. The highest BCUT2D eigenvalue weighted by Gasteiger charge is 2.17. The number of hydrogen-bond donors (Lipinski definition) is 1. The predicted octanol–water partition coefficient (Wildman–Crippen LogP) is 5.89. The van der Waals surface area contributed by atoms with Gasteiger partial charge in [0.2, 0.25) is 5.89 Å². The molecule has 0 amide bonds. The van der Waals surface area contributed by atoms with Crippen molar-refractivity contribution in [3.05, 3.63) is 77.7 Å². The number of aromatic nitrogens is 3. The summed E-state index contributed by atoms with van der Waals surface area (Å²) in [4.78, 5) is 12.0. The minimum Gasteiger partial charge on any atom is -0.493 e. The number of oxazole rings is 1. The van der Waals surface area contributed by atoms with E-state index in [1.165, 1.54) is 12.1 Å². The maximum absolute atomic E-state index is 13.4. The molecule has 0 aliphatic heterocycles. The Hall–Kier alpha value is -3.41. The quantitative estimate of drug-likeness (QED) is 0.371. The number of halogens is 1. The lowest BCUT2D eigenvalue weighted by molar-refractivity contribution is 0.303. The molecular weight excluding hydrogens is 381 g/mol. The second-order valence-electron chi connectivity index (χ2n) is 7.25. The van der Waals surface area contributed by atoms with Crippen molar-refractivity contribution in [1.29, 1.82) is 0 Å². The van der Waals surface area contributed by atoms with E-state index in [9.17, 15) is 4.39 Å². The summed E-state index contributed by atoms with van der Waals surface area (Å²) < 4.78 is 25.3. The SMILES string of the molecule is Cc1ncc(-c2nc(-c3ccc(F)cc3)c(CCCCOc3ccccc3C)o2)[nH]1. The van der Waals surface area contributed by atoms with E-state index >= 15 is 0 Å². The van der Waals surface area contributed by atoms with Crippen LogP contribution in [0.15, 0.2) is 59.1 Å². The van der Waals surface area contributed by atoms with E-state index in [-0.39, 0.29) is 5.82 Å². The topological polar surface area (TPSA) is 63.9 Å². The van der Waals surface area contributed by atoms with Crippen molar-refractivity contribution < 1.29 is 13.5 Å². The zero-order valence-corrected chi connectivity index (χ0v) is 17.1. The van der Waals surface area contributed by atoms with Gasteiger partial charge in [-0.2, -0.15) is 0 Å². The van der Waals surface area contributed by atoms with E-state index in [0.717, 1.165) is 52.7 Å². The Labute approximate surface area is 175 Å². The van der Waals surface area contributed by atoms with Gasteiger partial charge < -0.3 is 14.1 Å². The van der Waals surface area contributed by atoms with E-state index in [1.54, 1.807) is 18.3 Å². The third kappa shape index (κ3) is 4.59. The summed E-state index contributed by atoms with van der Waals surface area (Å²) >= 11 is 0. The van der Waals surface area contributed by atoms with Crippen LogP contribution in [-0.4, -0.2) is 21.6 Å². The summed E-state index contributed by atoms with van der Waals surface area (Å²) in [6.07, 6.45) is 4.19. The molecule has 0 aliphatic rings. The number of imidazole rings is 1. The maximum Gasteiger partial charge on any atom is 0.245 e. The summed E-state index contributed by atoms with van der Waals surface area (Å²) in [5.74, 6) is 2.70. The molecule has 1 N–H and O–H groups in total. The lowest BCUT2D eigenvalue weighted by Gasteiger charge is -2.08. The Morgan fingerprint density at radius 3 is 2.57 bits per heavy atom. The molecule has 4 aromatic rings. The average Bonchev–Trinajstić information content (AvgIpc) is 3.36. The Bertz CT molecular complexity index is 1120. The molecule has 0 radical (unpaired) electrons. The maximum atomic E-state index is 13.4. The lowest BCUT2D eigenvalue weighted by atomic mass is 10.1. The van der Waals surface area contributed by atoms with E-state index in [0.29, 0.717) is 18.9 Å². The number of nitrogens with zero attached hydrogens (tertiary/aromatic N) is 2. The van der Waals surface area contributed by atoms with Crippen molar-refractivity contribution in [2.24, 2.45) is 0 Å². The summed E-state index contributed by atoms with van der Waals surface area (Å²) in [5.41, 5.74) is 3.42. The average molecular weight is 405 g/mol. The van der Waals surface area contributed by atoms with Gasteiger partial charge in [0.1, 0.15) is 34.5 Å². The first-order valence-corrected chi connectivity index (χ1v) is 10.1. The second-order valence-corrected chi connectivity index (χ2v) is 7.25. The molecule has 2 aromatic carbocycles. The molecule has 5 nitrogen and oxygen atoms in total. The molecule has 6 heteroatoms. The van der Waals surface area contributed by atoms with Crippen LogP contribution in [0, 0.1) is 19.7 Å². The van der Waals surface area contributed by atoms with Crippen molar-refractivity contribution in [2.45, 2.75) is 33.1 Å². The first kappa shape index (κ1) is 19.9. The Morgan fingerprint density at radius 1 is 1.03 bits per heavy atom. The summed E-state index contributed by atoms with van der Waals surface area (Å²) in [5, 5.41) is 0. The van der Waals surface area contributed by atoms with Gasteiger partial charge in [-0.25, -0.2) is 14.4 Å². The molecule has 0 saturated heterocycles. The molecule has 0 aliphatic carbocycles. The minimum atomic E-state index is -0.276. The first-order chi connectivity index (χ1) is 14.6. The number of para-hydroxylation sites is 1. The van der Waals surface area contributed by atoms with Crippen LogP contribution in [0.4, 0.5) is 4.39 Å². The molecule has 0 fully saturated rings. The van der Waals surface area contributed by atoms with Crippen molar-refractivity contribution >= 4 is 0 Å². The highest BCUT2D eigenvalue weighted by atomic mass is 19.1. The largest absolute Gasteiger partial charge is 0.493 e. The van der Waals surface area contributed by atoms with Gasteiger partial charge in [-0.1, -0.05) is 18.2 Å². The van der Waals surface area contributed by atoms with Gasteiger partial charge in [-0.05, 0) is 62.6 Å². The van der Waals surface area contributed by atoms with Crippen molar-refractivity contribution in [1.82, 2.24) is 15.0 Å². The highest BCUT2D eigenvalue weighted by Crippen LogP contribution is 2.30. The van der Waals surface area contributed by atoms with Gasteiger partial charge in [0.15, 0.2) is 0 Å². The number of unbranched alkanes of at least 4 members (excludes halogenated alkanes) is 1. The van der Waals surface area contributed by atoms with Crippen LogP contribution in [0.1, 0.15) is 30.0 Å². The standard InChI is InChI=1S/C24H24FN3O2/c1-16-7-3-4-8-21(16)29-14-6-5-9-22-23(18-10-12-19(25)13-11-18)28-24(30-22)20-15-26-17(2)27-20/h3-4,7-8,10-13,15H,5-6,9,14H2,1-2H3,(H,26,27). The van der Waals surface area contributed by atoms with Crippen LogP contribution in [-0.2, 0) is 6.42 Å². The highest BCUT2D eigenvalue weighted by molar-refractivity contribution is 5.64. The van der Waals surface area contributed by atoms with Crippen LogP contribution in [0.2, 0.25) is 0 Å². The molecular formula is C24H24FN3O2. The number of rotatable bonds is 8. The lowest BCUT2D eigenvalue weighted by Crippen LogP contribution is -1.99. The van der Waals surface area contributed by atoms with E-state index in [2.05, 4.69) is 15.0 Å². The molecule has 2 aromatic heterocycles. The van der Waals surface area contributed by atoms with Crippen LogP contribution in [0.5, 0.6) is 5.75 Å². The zero-order chi connectivity index (χ0) is 20.9. The predicted molar refractivity (Wildman–Crippen MR) is 114 cm³/mol.